The summed E-state index contributed by atoms with van der Waals surface area (Å²) in [4.78, 5) is 50.9. The molecule has 1 aromatic carbocycles. The number of amides is 2. The highest BCUT2D eigenvalue weighted by Crippen LogP contribution is 2.43. The molecule has 2 amide bonds. The number of likely N-dealkylation sites (N-methyl/N-ethyl adjacent to an activating group) is 1. The number of H-pyrrole nitrogens is 1. The Morgan fingerprint density at radius 1 is 1.07 bits per heavy atom. The summed E-state index contributed by atoms with van der Waals surface area (Å²) < 4.78 is 13.9. The second-order valence-electron chi connectivity index (χ2n) is 9.68. The predicted octanol–water partition coefficient (Wildman–Crippen LogP) is 1.61. The summed E-state index contributed by atoms with van der Waals surface area (Å²) in [5.41, 5.74) is 5.82. The number of aliphatic hydroxyl groups excluding tert-OH is 2. The van der Waals surface area contributed by atoms with E-state index < -0.39 is 24.1 Å². The van der Waals surface area contributed by atoms with Crippen LogP contribution in [0.3, 0.4) is 0 Å². The Labute approximate surface area is 235 Å². The van der Waals surface area contributed by atoms with Crippen molar-refractivity contribution >= 4 is 40.6 Å². The summed E-state index contributed by atoms with van der Waals surface area (Å²) in [5.74, 6) is -4.22. The van der Waals surface area contributed by atoms with Gasteiger partial charge in [-0.05, 0) is 68.6 Å². The first-order valence-corrected chi connectivity index (χ1v) is 13.3. The lowest BCUT2D eigenvalue weighted by Gasteiger charge is -2.19. The second kappa shape index (κ2) is 13.5. The third-order valence-corrected chi connectivity index (χ3v) is 7.11. The Morgan fingerprint density at radius 2 is 1.71 bits per heavy atom. The quantitative estimate of drug-likeness (QED) is 0.218. The van der Waals surface area contributed by atoms with Crippen LogP contribution in [0.25, 0.3) is 11.1 Å². The molecule has 1 aromatic heterocycles. The molecule has 7 N–H and O–H groups in total. The molecule has 2 aliphatic rings. The maximum Gasteiger partial charge on any atom is 0.335 e. The van der Waals surface area contributed by atoms with Crippen molar-refractivity contribution in [2.24, 2.45) is 0 Å². The topological polar surface area (TPSA) is 192 Å². The lowest BCUT2D eigenvalue weighted by Crippen LogP contribution is -2.39. The van der Waals surface area contributed by atoms with E-state index >= 15 is 0 Å². The first kappa shape index (κ1) is 31.5. The van der Waals surface area contributed by atoms with Crippen LogP contribution in [0, 0.1) is 12.7 Å². The number of carboxylic acids is 2. The molecule has 0 bridgehead atoms. The number of hydrogen-bond acceptors (Lipinski definition) is 7. The zero-order valence-corrected chi connectivity index (χ0v) is 23.1. The van der Waals surface area contributed by atoms with Gasteiger partial charge in [0.1, 0.15) is 5.82 Å². The van der Waals surface area contributed by atoms with Crippen molar-refractivity contribution < 1.29 is 44.0 Å². The number of carbonyl (C=O) groups excluding carboxylic acids is 2. The summed E-state index contributed by atoms with van der Waals surface area (Å²) in [6.45, 7) is 9.40. The van der Waals surface area contributed by atoms with Crippen LogP contribution in [-0.4, -0.2) is 92.4 Å². The third kappa shape index (κ3) is 6.99. The first-order chi connectivity index (χ1) is 19.4. The van der Waals surface area contributed by atoms with Gasteiger partial charge in [-0.25, -0.2) is 14.0 Å². The van der Waals surface area contributed by atoms with Crippen LogP contribution >= 0.6 is 0 Å². The van der Waals surface area contributed by atoms with Crippen LogP contribution < -0.4 is 10.6 Å². The van der Waals surface area contributed by atoms with Gasteiger partial charge in [-0.2, -0.15) is 0 Å². The van der Waals surface area contributed by atoms with E-state index in [9.17, 15) is 23.6 Å². The average molecular weight is 575 g/mol. The molecule has 2 unspecified atom stereocenters. The van der Waals surface area contributed by atoms with E-state index in [0.717, 1.165) is 55.0 Å². The fourth-order valence-electron chi connectivity index (χ4n) is 4.97. The predicted molar refractivity (Wildman–Crippen MR) is 148 cm³/mol. The molecule has 0 radical (unpaired) electrons. The number of carbonyl (C=O) groups is 4. The largest absolute Gasteiger partial charge is 0.479 e. The number of halogens is 1. The third-order valence-electron chi connectivity index (χ3n) is 7.11. The van der Waals surface area contributed by atoms with E-state index in [1.54, 1.807) is 6.07 Å². The van der Waals surface area contributed by atoms with E-state index in [2.05, 4.69) is 34.4 Å². The normalized spacial score (nSPS) is 17.1. The Kier molecular flexibility index (Phi) is 10.4. The standard InChI is InChI=1S/C24H29FN4O2.C4H6O6/c1-4-29(5-2)12-11-26-23(30)20-14(3)27-22-16(20)7-6-8-17(22)21-18-13-15(25)9-10-19(18)28-24(21)31;5-1(3(7)8)2(6)4(9)10/h9-10,13,27H,4-8,11-12H2,1-3H3,(H,26,30)(H,28,31);1-2,5-6H,(H,7,8)(H,9,10)/b21-17-;. The molecule has 0 spiro atoms. The number of anilines is 1. The second-order valence-corrected chi connectivity index (χ2v) is 9.68. The van der Waals surface area contributed by atoms with Crippen molar-refractivity contribution in [3.05, 3.63) is 52.1 Å². The maximum absolute atomic E-state index is 13.9. The Bertz CT molecular complexity index is 1350. The van der Waals surface area contributed by atoms with Gasteiger partial charge in [0, 0.05) is 35.7 Å². The van der Waals surface area contributed by atoms with E-state index in [1.807, 2.05) is 6.92 Å². The number of hydrogen-bond donors (Lipinski definition) is 7. The fraction of sp³-hybridized carbons (Fsp3) is 0.429. The number of aromatic nitrogens is 1. The summed E-state index contributed by atoms with van der Waals surface area (Å²) in [7, 11) is 0. The van der Waals surface area contributed by atoms with Gasteiger partial charge in [0.25, 0.3) is 11.8 Å². The van der Waals surface area contributed by atoms with Crippen molar-refractivity contribution in [1.29, 1.82) is 0 Å². The lowest BCUT2D eigenvalue weighted by molar-refractivity contribution is -0.165. The zero-order chi connectivity index (χ0) is 30.4. The van der Waals surface area contributed by atoms with Crippen molar-refractivity contribution in [2.45, 2.75) is 52.2 Å². The van der Waals surface area contributed by atoms with Crippen LogP contribution in [0.5, 0.6) is 0 Å². The number of aliphatic hydroxyl groups is 2. The Morgan fingerprint density at radius 3 is 2.29 bits per heavy atom. The molecule has 0 fully saturated rings. The molecule has 0 saturated carbocycles. The van der Waals surface area contributed by atoms with Crippen molar-refractivity contribution in [3.8, 4) is 0 Å². The maximum atomic E-state index is 13.9. The molecule has 1 aliphatic heterocycles. The van der Waals surface area contributed by atoms with E-state index in [-0.39, 0.29) is 17.6 Å². The van der Waals surface area contributed by atoms with Gasteiger partial charge < -0.3 is 40.9 Å². The first-order valence-electron chi connectivity index (χ1n) is 13.3. The molecule has 4 rings (SSSR count). The van der Waals surface area contributed by atoms with Gasteiger partial charge in [0.2, 0.25) is 0 Å². The molecule has 222 valence electrons. The van der Waals surface area contributed by atoms with Gasteiger partial charge in [-0.15, -0.1) is 0 Å². The highest BCUT2D eigenvalue weighted by Gasteiger charge is 2.33. The van der Waals surface area contributed by atoms with Crippen LogP contribution in [0.15, 0.2) is 18.2 Å². The molecule has 13 heteroatoms. The highest BCUT2D eigenvalue weighted by atomic mass is 19.1. The number of carboxylic acid groups (broad SMARTS) is 2. The number of benzene rings is 1. The lowest BCUT2D eigenvalue weighted by atomic mass is 9.86. The fourth-order valence-corrected chi connectivity index (χ4v) is 4.97. The van der Waals surface area contributed by atoms with E-state index in [1.165, 1.54) is 12.1 Å². The summed E-state index contributed by atoms with van der Waals surface area (Å²) in [6, 6.07) is 4.34. The Hall–Kier alpha value is -4.07. The number of aliphatic carboxylic acids is 2. The summed E-state index contributed by atoms with van der Waals surface area (Å²) >= 11 is 0. The van der Waals surface area contributed by atoms with Gasteiger partial charge in [-0.1, -0.05) is 13.8 Å². The number of aromatic amines is 1. The minimum Gasteiger partial charge on any atom is -0.479 e. The highest BCUT2D eigenvalue weighted by molar-refractivity contribution is 6.37. The van der Waals surface area contributed by atoms with Gasteiger partial charge >= 0.3 is 11.9 Å². The summed E-state index contributed by atoms with van der Waals surface area (Å²) in [5, 5.41) is 38.4. The number of nitrogens with zero attached hydrogens (tertiary/aromatic N) is 1. The van der Waals surface area contributed by atoms with E-state index in [0.29, 0.717) is 35.4 Å². The van der Waals surface area contributed by atoms with Crippen LogP contribution in [-0.2, 0) is 20.8 Å². The number of fused-ring (bicyclic) bond motifs is 2. The molecular weight excluding hydrogens is 539 g/mol. The molecule has 12 nitrogen and oxygen atoms in total. The minimum atomic E-state index is -2.27. The summed E-state index contributed by atoms with van der Waals surface area (Å²) in [6.07, 6.45) is -2.22. The van der Waals surface area contributed by atoms with Crippen molar-refractivity contribution in [3.63, 3.8) is 0 Å². The number of allylic oxidation sites excluding steroid dienone is 1. The molecule has 41 heavy (non-hydrogen) atoms. The van der Waals surface area contributed by atoms with Gasteiger partial charge in [0.05, 0.1) is 11.1 Å². The van der Waals surface area contributed by atoms with Gasteiger partial charge in [0.15, 0.2) is 12.2 Å². The SMILES string of the molecule is CCN(CC)CCNC(=O)c1c(C)[nH]c2c1CCC/C2=C1/C(=O)Nc2ccc(F)cc21.O=C(O)C(O)C(O)C(=O)O. The molecule has 2 atom stereocenters. The minimum absolute atomic E-state index is 0.0873. The smallest absolute Gasteiger partial charge is 0.335 e. The van der Waals surface area contributed by atoms with Crippen molar-refractivity contribution in [2.75, 3.05) is 31.5 Å². The average Bonchev–Trinajstić information content (AvgIpc) is 3.45. The number of aryl methyl sites for hydroxylation is 1. The molecule has 0 saturated heterocycles. The monoisotopic (exact) mass is 574 g/mol. The van der Waals surface area contributed by atoms with Crippen LogP contribution in [0.4, 0.5) is 10.1 Å². The van der Waals surface area contributed by atoms with Crippen LogP contribution in [0.2, 0.25) is 0 Å². The van der Waals surface area contributed by atoms with E-state index in [4.69, 9.17) is 20.4 Å². The zero-order valence-electron chi connectivity index (χ0n) is 23.1. The van der Waals surface area contributed by atoms with Crippen LogP contribution in [0.1, 0.15) is 59.6 Å². The number of nitrogens with one attached hydrogen (secondary N) is 3. The van der Waals surface area contributed by atoms with Gasteiger partial charge in [-0.3, -0.25) is 9.59 Å². The Balaban J connectivity index is 0.000000397. The molecule has 1 aliphatic carbocycles. The van der Waals surface area contributed by atoms with Crippen molar-refractivity contribution in [1.82, 2.24) is 15.2 Å². The molecule has 2 aromatic rings. The molecular formula is C28H35FN4O8. The number of rotatable bonds is 9. The molecule has 2 heterocycles.